The second-order valence-electron chi connectivity index (χ2n) is 12.2. The van der Waals surface area contributed by atoms with E-state index in [1.54, 1.807) is 0 Å². The number of likely N-dealkylation sites (tertiary alicyclic amines) is 2. The summed E-state index contributed by atoms with van der Waals surface area (Å²) in [6, 6.07) is 29.2. The molecule has 2 heterocycles. The van der Waals surface area contributed by atoms with E-state index in [4.69, 9.17) is 0 Å². The molecule has 0 radical (unpaired) electrons. The zero-order valence-electron chi connectivity index (χ0n) is 23.0. The lowest BCUT2D eigenvalue weighted by Crippen LogP contribution is -2.51. The Bertz CT molecular complexity index is 1680. The molecule has 0 spiro atoms. The van der Waals surface area contributed by atoms with Crippen LogP contribution in [0.3, 0.4) is 0 Å². The summed E-state index contributed by atoms with van der Waals surface area (Å²) < 4.78 is 0. The number of carbonyl (C=O) groups is 4. The highest BCUT2D eigenvalue weighted by Gasteiger charge is 2.66. The third-order valence-corrected chi connectivity index (χ3v) is 10.2. The van der Waals surface area contributed by atoms with Crippen LogP contribution in [0.4, 0.5) is 0 Å². The van der Waals surface area contributed by atoms with Gasteiger partial charge in [0, 0.05) is 11.8 Å². The molecule has 4 amide bonds. The van der Waals surface area contributed by atoms with Gasteiger partial charge in [0.05, 0.1) is 36.8 Å². The Morgan fingerprint density at radius 3 is 1.69 bits per heavy atom. The molecule has 4 aliphatic carbocycles. The lowest BCUT2D eigenvalue weighted by molar-refractivity contribution is -0.143. The molecule has 9 rings (SSSR count). The van der Waals surface area contributed by atoms with Crippen LogP contribution in [0.5, 0.6) is 0 Å². The van der Waals surface area contributed by atoms with Gasteiger partial charge in [-0.1, -0.05) is 109 Å². The van der Waals surface area contributed by atoms with E-state index in [0.717, 1.165) is 27.8 Å². The summed E-state index contributed by atoms with van der Waals surface area (Å²) in [6.07, 6.45) is 4.63. The summed E-state index contributed by atoms with van der Waals surface area (Å²) in [6.45, 7) is 0.487. The summed E-state index contributed by atoms with van der Waals surface area (Å²) in [5.74, 6) is -3.48. The number of hydrogen-bond donors (Lipinski definition) is 0. The molecule has 7 atom stereocenters. The molecule has 0 aromatic heterocycles. The topological polar surface area (TPSA) is 74.8 Å². The summed E-state index contributed by atoms with van der Waals surface area (Å²) >= 11 is 0. The second kappa shape index (κ2) is 9.48. The Morgan fingerprint density at radius 1 is 0.548 bits per heavy atom. The van der Waals surface area contributed by atoms with E-state index < -0.39 is 23.7 Å². The van der Waals surface area contributed by atoms with Crippen molar-refractivity contribution in [2.45, 2.75) is 19.5 Å². The number of carbonyl (C=O) groups excluding carboxylic acids is 4. The van der Waals surface area contributed by atoms with Crippen LogP contribution in [-0.4, -0.2) is 33.4 Å². The molecule has 2 bridgehead atoms. The molecule has 6 heteroatoms. The third kappa shape index (κ3) is 3.57. The number of imide groups is 2. The van der Waals surface area contributed by atoms with Crippen molar-refractivity contribution in [1.82, 2.24) is 9.80 Å². The minimum atomic E-state index is -0.534. The largest absolute Gasteiger partial charge is 0.278 e. The van der Waals surface area contributed by atoms with Crippen LogP contribution >= 0.6 is 0 Å². The molecule has 3 aromatic rings. The highest BCUT2D eigenvalue weighted by Crippen LogP contribution is 2.63. The van der Waals surface area contributed by atoms with E-state index in [1.807, 2.05) is 78.9 Å². The fourth-order valence-corrected chi connectivity index (χ4v) is 8.49. The van der Waals surface area contributed by atoms with Crippen molar-refractivity contribution in [2.24, 2.45) is 41.4 Å². The van der Waals surface area contributed by atoms with E-state index in [-0.39, 0.29) is 54.5 Å². The van der Waals surface area contributed by atoms with Gasteiger partial charge in [0.2, 0.25) is 23.6 Å². The fraction of sp³-hybridized carbons (Fsp3) is 0.278. The van der Waals surface area contributed by atoms with Gasteiger partial charge in [0.25, 0.3) is 0 Å². The quantitative estimate of drug-likeness (QED) is 0.333. The molecule has 1 saturated carbocycles. The average molecular weight is 555 g/mol. The number of hydrogen-bond acceptors (Lipinski definition) is 4. The first-order valence-electron chi connectivity index (χ1n) is 14.8. The first-order valence-corrected chi connectivity index (χ1v) is 14.8. The Hall–Kier alpha value is -4.58. The molecule has 208 valence electrons. The predicted molar refractivity (Wildman–Crippen MR) is 156 cm³/mol. The predicted octanol–water partition coefficient (Wildman–Crippen LogP) is 4.88. The van der Waals surface area contributed by atoms with Gasteiger partial charge in [0.15, 0.2) is 0 Å². The molecule has 2 aliphatic heterocycles. The number of fused-ring (bicyclic) bond motifs is 1. The second-order valence-corrected chi connectivity index (χ2v) is 12.2. The highest BCUT2D eigenvalue weighted by molar-refractivity contribution is 6.09. The van der Waals surface area contributed by atoms with Crippen molar-refractivity contribution < 1.29 is 19.2 Å². The molecule has 3 aromatic carbocycles. The maximum Gasteiger partial charge on any atom is 0.234 e. The number of allylic oxidation sites excluding steroid dienone is 4. The van der Waals surface area contributed by atoms with Gasteiger partial charge in [-0.15, -0.1) is 0 Å². The summed E-state index contributed by atoms with van der Waals surface area (Å²) in [7, 11) is 0. The van der Waals surface area contributed by atoms with E-state index in [1.165, 1.54) is 9.80 Å². The smallest absolute Gasteiger partial charge is 0.234 e. The first kappa shape index (κ1) is 25.2. The maximum atomic E-state index is 14.2. The standard InChI is InChI=1S/C36H30N2O4/c39-33-27-18-26(23-14-8-3-9-15-23)28-24-16-17-25(29(28)32(27)36(42)37(33)19-21-10-4-1-5-11-21)31-30(24)34(40)38(35(31)41)20-22-12-6-2-7-13-22/h1-17,24-25,27,29-32H,18-20H2/t24-,25-,27-,29+,30-,31+,32-/m1/s1. The molecule has 0 unspecified atom stereocenters. The van der Waals surface area contributed by atoms with E-state index in [2.05, 4.69) is 24.3 Å². The summed E-state index contributed by atoms with van der Waals surface area (Å²) in [5.41, 5.74) is 4.99. The van der Waals surface area contributed by atoms with E-state index >= 15 is 0 Å². The molecule has 3 fully saturated rings. The average Bonchev–Trinajstić information content (AvgIpc) is 3.43. The molecule has 0 N–H and O–H groups in total. The van der Waals surface area contributed by atoms with Gasteiger partial charge in [-0.05, 0) is 34.6 Å². The SMILES string of the molecule is O=C1[C@H]2[C@@H]3C=C[C@H](C4=C(c5ccccc5)C[C@H]5C(=O)N(Cc6ccccc6)C(=O)[C@H]5[C@H]43)[C@H]2C(=O)N1Cc1ccccc1. The van der Waals surface area contributed by atoms with Gasteiger partial charge in [-0.3, -0.25) is 29.0 Å². The van der Waals surface area contributed by atoms with E-state index in [9.17, 15) is 19.2 Å². The normalized spacial score (nSPS) is 31.1. The number of amides is 4. The van der Waals surface area contributed by atoms with Crippen molar-refractivity contribution in [3.05, 3.63) is 125 Å². The van der Waals surface area contributed by atoms with Gasteiger partial charge in [-0.2, -0.15) is 0 Å². The van der Waals surface area contributed by atoms with Crippen LogP contribution in [0.1, 0.15) is 23.1 Å². The molecular formula is C36H30N2O4. The Morgan fingerprint density at radius 2 is 1.07 bits per heavy atom. The lowest BCUT2D eigenvalue weighted by Gasteiger charge is -2.51. The minimum Gasteiger partial charge on any atom is -0.278 e. The first-order chi connectivity index (χ1) is 20.5. The molecule has 6 nitrogen and oxygen atoms in total. The van der Waals surface area contributed by atoms with Gasteiger partial charge >= 0.3 is 0 Å². The Kier molecular flexibility index (Phi) is 5.68. The lowest BCUT2D eigenvalue weighted by atomic mass is 9.49. The number of nitrogens with zero attached hydrogens (tertiary/aromatic N) is 2. The monoisotopic (exact) mass is 554 g/mol. The van der Waals surface area contributed by atoms with Gasteiger partial charge < -0.3 is 0 Å². The third-order valence-electron chi connectivity index (χ3n) is 10.2. The number of rotatable bonds is 5. The maximum absolute atomic E-state index is 14.2. The highest BCUT2D eigenvalue weighted by atomic mass is 16.2. The molecule has 6 aliphatic rings. The van der Waals surface area contributed by atoms with Crippen molar-refractivity contribution in [3.63, 3.8) is 0 Å². The van der Waals surface area contributed by atoms with Crippen LogP contribution in [0, 0.1) is 41.4 Å². The van der Waals surface area contributed by atoms with Crippen LogP contribution in [0.25, 0.3) is 5.57 Å². The zero-order chi connectivity index (χ0) is 28.5. The van der Waals surface area contributed by atoms with Crippen molar-refractivity contribution in [1.29, 1.82) is 0 Å². The van der Waals surface area contributed by atoms with Crippen LogP contribution in [0.15, 0.2) is 109 Å². The van der Waals surface area contributed by atoms with Gasteiger partial charge in [0.1, 0.15) is 0 Å². The molecule has 2 saturated heterocycles. The van der Waals surface area contributed by atoms with Crippen molar-refractivity contribution in [2.75, 3.05) is 0 Å². The minimum absolute atomic E-state index is 0.131. The number of benzene rings is 3. The molecule has 42 heavy (non-hydrogen) atoms. The Balaban J connectivity index is 1.23. The van der Waals surface area contributed by atoms with E-state index in [0.29, 0.717) is 6.42 Å². The van der Waals surface area contributed by atoms with Gasteiger partial charge in [-0.25, -0.2) is 0 Å². The Labute approximate surface area is 244 Å². The summed E-state index contributed by atoms with van der Waals surface area (Å²) in [4.78, 5) is 59.0. The van der Waals surface area contributed by atoms with Crippen LogP contribution in [-0.2, 0) is 32.3 Å². The van der Waals surface area contributed by atoms with Crippen molar-refractivity contribution in [3.8, 4) is 0 Å². The summed E-state index contributed by atoms with van der Waals surface area (Å²) in [5, 5.41) is 0. The molecular weight excluding hydrogens is 524 g/mol. The van der Waals surface area contributed by atoms with Crippen LogP contribution < -0.4 is 0 Å². The van der Waals surface area contributed by atoms with Crippen molar-refractivity contribution >= 4 is 29.2 Å². The fourth-order valence-electron chi connectivity index (χ4n) is 8.49. The van der Waals surface area contributed by atoms with Crippen LogP contribution in [0.2, 0.25) is 0 Å². The zero-order valence-corrected chi connectivity index (χ0v) is 23.0.